The molecule has 6 aromatic rings. The molecule has 11 heteroatoms. The zero-order chi connectivity index (χ0) is 32.7. The van der Waals surface area contributed by atoms with Crippen molar-refractivity contribution in [2.75, 3.05) is 18.1 Å². The largest absolute Gasteiger partial charge is 0.494 e. The predicted molar refractivity (Wildman–Crippen MR) is 175 cm³/mol. The van der Waals surface area contributed by atoms with Crippen molar-refractivity contribution in [1.29, 1.82) is 0 Å². The highest BCUT2D eigenvalue weighted by Gasteiger charge is 2.21. The number of hydrogen-bond acceptors (Lipinski definition) is 9. The Balaban J connectivity index is 0.000000191. The second kappa shape index (κ2) is 14.3. The lowest BCUT2D eigenvalue weighted by molar-refractivity contribution is -0.146. The second-order valence-corrected chi connectivity index (χ2v) is 10.1. The number of hydrogen-bond donors (Lipinski definition) is 6. The van der Waals surface area contributed by atoms with E-state index in [1.165, 1.54) is 17.7 Å². The maximum absolute atomic E-state index is 11.1. The Labute approximate surface area is 258 Å². The Morgan fingerprint density at radius 3 is 1.91 bits per heavy atom. The summed E-state index contributed by atoms with van der Waals surface area (Å²) in [4.78, 5) is 29.7. The maximum atomic E-state index is 11.1. The molecule has 2 heterocycles. The van der Waals surface area contributed by atoms with Crippen LogP contribution in [0, 0.1) is 0 Å². The number of carboxylic acid groups (broad SMARTS) is 2. The molecule has 232 valence electrons. The number of ether oxygens (including phenoxy) is 1. The van der Waals surface area contributed by atoms with Crippen molar-refractivity contribution in [2.45, 2.75) is 32.5 Å². The van der Waals surface area contributed by atoms with E-state index < -0.39 is 24.1 Å². The third kappa shape index (κ3) is 7.71. The topological polar surface area (TPSA) is 202 Å². The number of nitrogens with zero attached hydrogens (tertiary/aromatic N) is 2. The van der Waals surface area contributed by atoms with Crippen LogP contribution in [-0.2, 0) is 16.0 Å². The number of carboxylic acids is 2. The summed E-state index contributed by atoms with van der Waals surface area (Å²) in [5.74, 6) is -2.01. The van der Waals surface area contributed by atoms with Crippen LogP contribution in [0.5, 0.6) is 5.75 Å². The maximum Gasteiger partial charge on any atom is 0.332 e. The molecule has 0 fully saturated rings. The third-order valence-electron chi connectivity index (χ3n) is 6.84. The summed E-state index contributed by atoms with van der Waals surface area (Å²) in [6.07, 6.45) is -2.93. The monoisotopic (exact) mass is 610 g/mol. The summed E-state index contributed by atoms with van der Waals surface area (Å²) in [6, 6.07) is 27.3. The van der Waals surface area contributed by atoms with E-state index in [0.29, 0.717) is 51.1 Å². The van der Waals surface area contributed by atoms with Crippen LogP contribution in [0.1, 0.15) is 19.4 Å². The summed E-state index contributed by atoms with van der Waals surface area (Å²) in [5.41, 5.74) is 17.1. The zero-order valence-electron chi connectivity index (χ0n) is 24.7. The minimum absolute atomic E-state index is 0.131. The zero-order valence-corrected chi connectivity index (χ0v) is 24.7. The van der Waals surface area contributed by atoms with Crippen LogP contribution in [0.25, 0.3) is 43.6 Å². The lowest BCUT2D eigenvalue weighted by Gasteiger charge is -2.17. The SMILES string of the molecule is CC(O)C(=O)O.CCOc1ccc2nc3cc(N)ccc3c(N)c2c1CC(O)C(=O)O.c1ccc2nc3ccccc3cc2c1. The first-order valence-corrected chi connectivity index (χ1v) is 14.1. The average molecular weight is 611 g/mol. The summed E-state index contributed by atoms with van der Waals surface area (Å²) in [6.45, 7) is 3.42. The molecule has 0 spiro atoms. The van der Waals surface area contributed by atoms with E-state index >= 15 is 0 Å². The standard InChI is InChI=1S/C18H19N3O4.C13H9N.C3H6O3/c1-2-25-15-6-5-12-16(11(15)8-14(22)18(23)24)17(20)10-4-3-9(19)7-13(10)21-12;1-3-7-12-10(5-1)9-11-6-2-4-8-13(11)14-12;1-2(4)3(5)6/h3-7,14,22H,2,8,19H2,1H3,(H2,20,21)(H,23,24);1-9H;2,4H,1H3,(H,5,6). The van der Waals surface area contributed by atoms with Crippen LogP contribution in [0.15, 0.2) is 84.9 Å². The molecule has 0 bridgehead atoms. The number of pyridine rings is 2. The van der Waals surface area contributed by atoms with E-state index in [2.05, 4.69) is 28.2 Å². The van der Waals surface area contributed by atoms with E-state index in [1.54, 1.807) is 30.3 Å². The average Bonchev–Trinajstić information content (AvgIpc) is 3.01. The number of aliphatic hydroxyl groups is 2. The second-order valence-electron chi connectivity index (χ2n) is 10.1. The van der Waals surface area contributed by atoms with Gasteiger partial charge in [0.15, 0.2) is 6.10 Å². The van der Waals surface area contributed by atoms with Crippen LogP contribution >= 0.6 is 0 Å². The molecule has 2 aromatic heterocycles. The first kappa shape index (κ1) is 32.4. The van der Waals surface area contributed by atoms with Gasteiger partial charge < -0.3 is 36.6 Å². The van der Waals surface area contributed by atoms with Gasteiger partial charge in [-0.2, -0.15) is 0 Å². The molecule has 11 nitrogen and oxygen atoms in total. The first-order chi connectivity index (χ1) is 21.5. The lowest BCUT2D eigenvalue weighted by atomic mass is 9.97. The summed E-state index contributed by atoms with van der Waals surface area (Å²) in [7, 11) is 0. The van der Waals surface area contributed by atoms with E-state index in [0.717, 1.165) is 11.0 Å². The molecule has 45 heavy (non-hydrogen) atoms. The molecule has 0 radical (unpaired) electrons. The van der Waals surface area contributed by atoms with Gasteiger partial charge in [-0.15, -0.1) is 0 Å². The molecule has 2 atom stereocenters. The van der Waals surface area contributed by atoms with Crippen LogP contribution in [0.3, 0.4) is 0 Å². The van der Waals surface area contributed by atoms with Gasteiger partial charge in [0, 0.05) is 39.2 Å². The van der Waals surface area contributed by atoms with Crippen molar-refractivity contribution >= 4 is 66.9 Å². The Morgan fingerprint density at radius 1 is 0.778 bits per heavy atom. The molecular weight excluding hydrogens is 576 g/mol. The van der Waals surface area contributed by atoms with Crippen molar-refractivity contribution in [3.63, 3.8) is 0 Å². The van der Waals surface area contributed by atoms with Crippen molar-refractivity contribution in [2.24, 2.45) is 0 Å². The number of aliphatic hydroxyl groups excluding tert-OH is 2. The van der Waals surface area contributed by atoms with Gasteiger partial charge in [0.25, 0.3) is 0 Å². The van der Waals surface area contributed by atoms with Crippen molar-refractivity contribution < 1.29 is 34.8 Å². The van der Waals surface area contributed by atoms with Crippen molar-refractivity contribution in [1.82, 2.24) is 9.97 Å². The summed E-state index contributed by atoms with van der Waals surface area (Å²) >= 11 is 0. The minimum Gasteiger partial charge on any atom is -0.494 e. The number of para-hydroxylation sites is 2. The van der Waals surface area contributed by atoms with Gasteiger partial charge in [0.2, 0.25) is 0 Å². The first-order valence-electron chi connectivity index (χ1n) is 14.1. The Hall–Kier alpha value is -5.52. The van der Waals surface area contributed by atoms with E-state index in [-0.39, 0.29) is 6.42 Å². The van der Waals surface area contributed by atoms with Crippen molar-refractivity contribution in [3.8, 4) is 5.75 Å². The van der Waals surface area contributed by atoms with Gasteiger partial charge in [-0.3, -0.25) is 0 Å². The number of nitrogens with two attached hydrogens (primary N) is 2. The fourth-order valence-corrected chi connectivity index (χ4v) is 4.64. The van der Waals surface area contributed by atoms with Gasteiger partial charge in [0.05, 0.1) is 34.4 Å². The molecule has 4 aromatic carbocycles. The number of nitrogen functional groups attached to an aromatic ring is 2. The fourth-order valence-electron chi connectivity index (χ4n) is 4.64. The number of fused-ring (bicyclic) bond motifs is 4. The van der Waals surface area contributed by atoms with Gasteiger partial charge >= 0.3 is 11.9 Å². The fraction of sp³-hybridized carbons (Fsp3) is 0.176. The molecule has 0 aliphatic rings. The minimum atomic E-state index is -1.56. The predicted octanol–water partition coefficient (Wildman–Crippen LogP) is 4.78. The molecule has 8 N–H and O–H groups in total. The Morgan fingerprint density at radius 2 is 1.36 bits per heavy atom. The third-order valence-corrected chi connectivity index (χ3v) is 6.84. The number of rotatable bonds is 6. The van der Waals surface area contributed by atoms with E-state index in [4.69, 9.17) is 31.5 Å². The molecule has 0 amide bonds. The van der Waals surface area contributed by atoms with Gasteiger partial charge in [-0.1, -0.05) is 36.4 Å². The number of benzene rings is 4. The molecule has 0 saturated carbocycles. The van der Waals surface area contributed by atoms with E-state index in [9.17, 15) is 14.7 Å². The quantitative estimate of drug-likeness (QED) is 0.112. The normalized spacial score (nSPS) is 12.1. The highest BCUT2D eigenvalue weighted by molar-refractivity contribution is 6.09. The molecule has 6 rings (SSSR count). The number of aromatic nitrogens is 2. The number of aliphatic carboxylic acids is 2. The Kier molecular flexibility index (Phi) is 10.3. The van der Waals surface area contributed by atoms with Gasteiger partial charge in [0.1, 0.15) is 11.9 Å². The molecule has 2 unspecified atom stereocenters. The van der Waals surface area contributed by atoms with Crippen molar-refractivity contribution in [3.05, 3.63) is 90.5 Å². The van der Waals surface area contributed by atoms with Gasteiger partial charge in [-0.05, 0) is 62.4 Å². The summed E-state index contributed by atoms with van der Waals surface area (Å²) in [5, 5.41) is 38.4. The Bertz CT molecular complexity index is 1890. The van der Waals surface area contributed by atoms with Crippen LogP contribution in [0.4, 0.5) is 11.4 Å². The highest BCUT2D eigenvalue weighted by Crippen LogP contribution is 2.36. The van der Waals surface area contributed by atoms with Crippen LogP contribution in [0.2, 0.25) is 0 Å². The molecule has 0 saturated heterocycles. The van der Waals surface area contributed by atoms with E-state index in [1.807, 2.05) is 43.3 Å². The van der Waals surface area contributed by atoms with Gasteiger partial charge in [-0.25, -0.2) is 19.6 Å². The smallest absolute Gasteiger partial charge is 0.332 e. The molecule has 0 aliphatic carbocycles. The molecule has 0 aliphatic heterocycles. The number of carbonyl (C=O) groups is 2. The lowest BCUT2D eigenvalue weighted by Crippen LogP contribution is -2.22. The van der Waals surface area contributed by atoms with Crippen LogP contribution in [-0.4, -0.2) is 61.1 Å². The van der Waals surface area contributed by atoms with Crippen LogP contribution < -0.4 is 16.2 Å². The summed E-state index contributed by atoms with van der Waals surface area (Å²) < 4.78 is 5.60. The number of anilines is 2. The molecular formula is C34H34N4O7. The highest BCUT2D eigenvalue weighted by atomic mass is 16.5.